The fourth-order valence-corrected chi connectivity index (χ4v) is 4.69. The number of hydrogen-bond donors (Lipinski definition) is 0. The van der Waals surface area contributed by atoms with Gasteiger partial charge in [-0.05, 0) is 17.5 Å². The summed E-state index contributed by atoms with van der Waals surface area (Å²) in [7, 11) is 0. The van der Waals surface area contributed by atoms with E-state index in [0.29, 0.717) is 6.42 Å². The molecule has 144 valence electrons. The third-order valence-electron chi connectivity index (χ3n) is 5.98. The molecule has 0 radical (unpaired) electrons. The van der Waals surface area contributed by atoms with Crippen molar-refractivity contribution in [3.8, 4) is 0 Å². The average molecular weight is 395 g/mol. The summed E-state index contributed by atoms with van der Waals surface area (Å²) in [4.78, 5) is 13.2. The molecule has 1 unspecified atom stereocenters. The van der Waals surface area contributed by atoms with Gasteiger partial charge in [0.25, 0.3) is 5.82 Å². The van der Waals surface area contributed by atoms with Gasteiger partial charge in [-0.3, -0.25) is 4.79 Å². The molecule has 2 aliphatic rings. The van der Waals surface area contributed by atoms with E-state index < -0.39 is 5.41 Å². The molecule has 0 saturated carbocycles. The van der Waals surface area contributed by atoms with Crippen LogP contribution in [0.15, 0.2) is 73.1 Å². The minimum absolute atomic E-state index is 0. The van der Waals surface area contributed by atoms with Crippen molar-refractivity contribution < 1.29 is 26.5 Å². The normalized spacial score (nSPS) is 19.7. The monoisotopic (exact) mass is 394 g/mol. The van der Waals surface area contributed by atoms with E-state index in [1.807, 2.05) is 60.7 Å². The van der Waals surface area contributed by atoms with E-state index >= 15 is 0 Å². The van der Waals surface area contributed by atoms with Crippen LogP contribution in [0.5, 0.6) is 0 Å². The number of imidazole rings is 1. The number of aromatic nitrogens is 2. The summed E-state index contributed by atoms with van der Waals surface area (Å²) in [6, 6.07) is 20.1. The zero-order chi connectivity index (χ0) is 18.3. The Bertz CT molecular complexity index is 929. The highest BCUT2D eigenvalue weighted by Gasteiger charge is 2.52. The Morgan fingerprint density at radius 1 is 1.04 bits per heavy atom. The van der Waals surface area contributed by atoms with Crippen LogP contribution in [-0.2, 0) is 34.5 Å². The van der Waals surface area contributed by atoms with Gasteiger partial charge in [0.1, 0.15) is 30.5 Å². The van der Waals surface area contributed by atoms with Gasteiger partial charge in [-0.25, -0.2) is 9.13 Å². The number of cyclic esters (lactones) is 1. The second-order valence-corrected chi connectivity index (χ2v) is 7.53. The molecule has 0 spiro atoms. The third-order valence-corrected chi connectivity index (χ3v) is 5.98. The van der Waals surface area contributed by atoms with Gasteiger partial charge in [-0.15, -0.1) is 0 Å². The van der Waals surface area contributed by atoms with Gasteiger partial charge in [0.05, 0.1) is 13.0 Å². The lowest BCUT2D eigenvalue weighted by molar-refractivity contribution is -0.690. The Kier molecular flexibility index (Phi) is 4.98. The standard InChI is InChI=1S/C23H23N2O2.ClH/c26-22-23(18-8-3-1-4-9-18,19-10-5-2-6-11-19)16-20(27-22)17-25-15-14-24-13-7-12-21(24)25;/h1-6,8-11,14-15,20H,7,12-13,16-17H2;1H/q+1;/p-1. The van der Waals surface area contributed by atoms with Gasteiger partial charge in [-0.1, -0.05) is 60.7 Å². The highest BCUT2D eigenvalue weighted by molar-refractivity contribution is 5.89. The second kappa shape index (κ2) is 7.44. The molecule has 3 heterocycles. The van der Waals surface area contributed by atoms with Gasteiger partial charge in [-0.2, -0.15) is 0 Å². The minimum Gasteiger partial charge on any atom is -1.00 e. The van der Waals surface area contributed by atoms with Crippen molar-refractivity contribution in [1.29, 1.82) is 0 Å². The van der Waals surface area contributed by atoms with Gasteiger partial charge in [0, 0.05) is 6.42 Å². The molecule has 0 bridgehead atoms. The number of aryl methyl sites for hydroxylation is 1. The van der Waals surface area contributed by atoms with Crippen molar-refractivity contribution in [1.82, 2.24) is 4.57 Å². The third kappa shape index (κ3) is 2.92. The molecular weight excluding hydrogens is 372 g/mol. The number of fused-ring (bicyclic) bond motifs is 1. The molecule has 1 aromatic heterocycles. The maximum absolute atomic E-state index is 13.2. The quantitative estimate of drug-likeness (QED) is 0.462. The van der Waals surface area contributed by atoms with Crippen molar-refractivity contribution in [3.63, 3.8) is 0 Å². The molecule has 0 aliphatic carbocycles. The number of esters is 1. The first kappa shape index (κ1) is 18.8. The van der Waals surface area contributed by atoms with Crippen LogP contribution >= 0.6 is 0 Å². The predicted molar refractivity (Wildman–Crippen MR) is 101 cm³/mol. The lowest BCUT2D eigenvalue weighted by atomic mass is 9.72. The molecule has 1 fully saturated rings. The fourth-order valence-electron chi connectivity index (χ4n) is 4.69. The molecule has 1 atom stereocenters. The number of halogens is 1. The van der Waals surface area contributed by atoms with E-state index in [9.17, 15) is 4.79 Å². The number of rotatable bonds is 4. The summed E-state index contributed by atoms with van der Waals surface area (Å²) in [6.45, 7) is 1.81. The van der Waals surface area contributed by atoms with E-state index in [-0.39, 0.29) is 24.5 Å². The number of ether oxygens (including phenoxy) is 1. The number of hydrogen-bond acceptors (Lipinski definition) is 2. The molecule has 3 aromatic rings. The molecule has 28 heavy (non-hydrogen) atoms. The largest absolute Gasteiger partial charge is 1.00 e. The molecule has 2 aromatic carbocycles. The number of benzene rings is 2. The number of carbonyl (C=O) groups excluding carboxylic acids is 1. The summed E-state index contributed by atoms with van der Waals surface area (Å²) in [5.74, 6) is 1.20. The van der Waals surface area contributed by atoms with Crippen LogP contribution in [0.1, 0.15) is 29.8 Å². The van der Waals surface area contributed by atoms with Gasteiger partial charge in [0.15, 0.2) is 0 Å². The molecule has 0 amide bonds. The Hall–Kier alpha value is -2.59. The molecule has 5 rings (SSSR count). The van der Waals surface area contributed by atoms with E-state index in [1.54, 1.807) is 0 Å². The Morgan fingerprint density at radius 2 is 1.68 bits per heavy atom. The molecule has 0 N–H and O–H groups in total. The first-order valence-corrected chi connectivity index (χ1v) is 9.67. The van der Waals surface area contributed by atoms with Crippen molar-refractivity contribution in [2.75, 3.05) is 0 Å². The average Bonchev–Trinajstić information content (AvgIpc) is 3.40. The van der Waals surface area contributed by atoms with Crippen molar-refractivity contribution in [3.05, 3.63) is 90.0 Å². The van der Waals surface area contributed by atoms with Gasteiger partial charge >= 0.3 is 5.97 Å². The highest BCUT2D eigenvalue weighted by Crippen LogP contribution is 2.43. The topological polar surface area (TPSA) is 35.1 Å². The molecule has 2 aliphatic heterocycles. The van der Waals surface area contributed by atoms with Crippen LogP contribution in [-0.4, -0.2) is 16.6 Å². The molecule has 5 heteroatoms. The highest BCUT2D eigenvalue weighted by atomic mass is 35.5. The molecular formula is C23H23ClN2O2. The van der Waals surface area contributed by atoms with Crippen molar-refractivity contribution in [2.45, 2.75) is 43.9 Å². The first-order valence-electron chi connectivity index (χ1n) is 9.67. The molecule has 1 saturated heterocycles. The van der Waals surface area contributed by atoms with E-state index in [4.69, 9.17) is 4.74 Å². The molecule has 4 nitrogen and oxygen atoms in total. The lowest BCUT2D eigenvalue weighted by Gasteiger charge is -2.26. The Balaban J connectivity index is 0.00000192. The van der Waals surface area contributed by atoms with Crippen molar-refractivity contribution in [2.24, 2.45) is 0 Å². The predicted octanol–water partition coefficient (Wildman–Crippen LogP) is 0.0276. The second-order valence-electron chi connectivity index (χ2n) is 7.53. The lowest BCUT2D eigenvalue weighted by Crippen LogP contribution is -3.00. The maximum Gasteiger partial charge on any atom is 0.321 e. The minimum atomic E-state index is -0.726. The SMILES string of the molecule is O=C1OC(Cn2cc[n+]3c2CCC3)CC1(c1ccccc1)c1ccccc1.[Cl-]. The van der Waals surface area contributed by atoms with E-state index in [0.717, 1.165) is 30.6 Å². The van der Waals surface area contributed by atoms with Crippen LogP contribution in [0, 0.1) is 0 Å². The van der Waals surface area contributed by atoms with Crippen LogP contribution in [0.3, 0.4) is 0 Å². The smallest absolute Gasteiger partial charge is 0.321 e. The van der Waals surface area contributed by atoms with Crippen LogP contribution in [0.4, 0.5) is 0 Å². The zero-order valence-corrected chi connectivity index (χ0v) is 16.4. The van der Waals surface area contributed by atoms with Gasteiger partial charge < -0.3 is 17.1 Å². The summed E-state index contributed by atoms with van der Waals surface area (Å²) in [6.07, 6.45) is 7.08. The van der Waals surface area contributed by atoms with Crippen LogP contribution in [0.25, 0.3) is 0 Å². The van der Waals surface area contributed by atoms with E-state index in [1.165, 1.54) is 12.2 Å². The van der Waals surface area contributed by atoms with Crippen molar-refractivity contribution >= 4 is 5.97 Å². The summed E-state index contributed by atoms with van der Waals surface area (Å²) in [5.41, 5.74) is 1.29. The zero-order valence-electron chi connectivity index (χ0n) is 15.6. The summed E-state index contributed by atoms with van der Waals surface area (Å²) in [5, 5.41) is 0. The summed E-state index contributed by atoms with van der Waals surface area (Å²) >= 11 is 0. The fraction of sp³-hybridized carbons (Fsp3) is 0.304. The summed E-state index contributed by atoms with van der Waals surface area (Å²) < 4.78 is 10.5. The van der Waals surface area contributed by atoms with E-state index in [2.05, 4.69) is 21.5 Å². The van der Waals surface area contributed by atoms with Crippen LogP contribution < -0.4 is 17.0 Å². The number of nitrogens with zero attached hydrogens (tertiary/aromatic N) is 2. The van der Waals surface area contributed by atoms with Crippen LogP contribution in [0.2, 0.25) is 0 Å². The Morgan fingerprint density at radius 3 is 2.32 bits per heavy atom. The van der Waals surface area contributed by atoms with Gasteiger partial charge in [0.2, 0.25) is 0 Å². The maximum atomic E-state index is 13.2. The Labute approximate surface area is 171 Å². The first-order chi connectivity index (χ1) is 13.3. The number of carbonyl (C=O) groups is 1.